The van der Waals surface area contributed by atoms with Crippen LogP contribution in [0.4, 0.5) is 0 Å². The zero-order valence-electron chi connectivity index (χ0n) is 55.5. The largest absolute Gasteiger partial charge is 0.462 e. The van der Waals surface area contributed by atoms with Gasteiger partial charge in [0.1, 0.15) is 13.2 Å². The third-order valence-corrected chi connectivity index (χ3v) is 16.9. The molecule has 0 amide bonds. The minimum absolute atomic E-state index is 0.0685. The molecule has 0 N–H and O–H groups in total. The molecule has 0 saturated carbocycles. The molecule has 82 heavy (non-hydrogen) atoms. The number of allylic oxidation sites excluding steroid dienone is 6. The Morgan fingerprint density at radius 1 is 0.244 bits per heavy atom. The van der Waals surface area contributed by atoms with E-state index in [0.717, 1.165) is 64.2 Å². The molecule has 482 valence electrons. The van der Waals surface area contributed by atoms with Gasteiger partial charge in [0.15, 0.2) is 6.10 Å². The van der Waals surface area contributed by atoms with E-state index in [1.165, 1.54) is 308 Å². The van der Waals surface area contributed by atoms with Gasteiger partial charge in [0.25, 0.3) is 0 Å². The van der Waals surface area contributed by atoms with Crippen LogP contribution in [-0.2, 0) is 28.6 Å². The van der Waals surface area contributed by atoms with Crippen LogP contribution in [0.5, 0.6) is 0 Å². The van der Waals surface area contributed by atoms with E-state index < -0.39 is 6.10 Å². The molecule has 0 heterocycles. The fraction of sp³-hybridized carbons (Fsp3) is 0.882. The quantitative estimate of drug-likeness (QED) is 0.0261. The second kappa shape index (κ2) is 71.1. The monoisotopic (exact) mass is 1150 g/mol. The summed E-state index contributed by atoms with van der Waals surface area (Å²) in [5.41, 5.74) is 0. The lowest BCUT2D eigenvalue weighted by molar-refractivity contribution is -0.167. The molecular formula is C76H142O6. The standard InChI is InChI=1S/C76H142O6/c1-4-7-10-13-16-19-22-25-28-31-33-35-37-38-39-41-42-45-48-51-54-57-60-63-66-69-75(78)81-72-73(71-80-74(77)68-65-62-59-56-53-50-47-44-30-27-24-21-18-15-12-9-6-3)82-76(79)70-67-64-61-58-55-52-49-46-43-40-36-34-32-29-26-23-20-17-14-11-8-5-2/h22,25,27,30-31,33,73H,4-21,23-24,26,28-29,32,34-72H2,1-3H3/b25-22-,30-27-,33-31-. The second-order valence-electron chi connectivity index (χ2n) is 25.2. The Bertz CT molecular complexity index is 1370. The van der Waals surface area contributed by atoms with Gasteiger partial charge in [0.2, 0.25) is 0 Å². The van der Waals surface area contributed by atoms with Gasteiger partial charge in [-0.15, -0.1) is 0 Å². The van der Waals surface area contributed by atoms with Gasteiger partial charge >= 0.3 is 17.9 Å². The van der Waals surface area contributed by atoms with Crippen molar-refractivity contribution in [3.63, 3.8) is 0 Å². The molecule has 6 nitrogen and oxygen atoms in total. The number of hydrogen-bond acceptors (Lipinski definition) is 6. The van der Waals surface area contributed by atoms with Crippen molar-refractivity contribution >= 4 is 17.9 Å². The molecule has 0 aliphatic heterocycles. The number of carbonyl (C=O) groups excluding carboxylic acids is 3. The third kappa shape index (κ3) is 68.4. The summed E-state index contributed by atoms with van der Waals surface area (Å²) in [7, 11) is 0. The van der Waals surface area contributed by atoms with Crippen molar-refractivity contribution in [3.8, 4) is 0 Å². The van der Waals surface area contributed by atoms with E-state index >= 15 is 0 Å². The molecule has 0 aromatic carbocycles. The van der Waals surface area contributed by atoms with Crippen molar-refractivity contribution in [2.24, 2.45) is 0 Å². The number of carbonyl (C=O) groups is 3. The van der Waals surface area contributed by atoms with Crippen molar-refractivity contribution in [1.29, 1.82) is 0 Å². The number of unbranched alkanes of at least 4 members (excludes halogenated alkanes) is 52. The summed E-state index contributed by atoms with van der Waals surface area (Å²) in [6.07, 6.45) is 88.9. The summed E-state index contributed by atoms with van der Waals surface area (Å²) in [5, 5.41) is 0. The molecule has 6 heteroatoms. The lowest BCUT2D eigenvalue weighted by Crippen LogP contribution is -2.30. The summed E-state index contributed by atoms with van der Waals surface area (Å²) >= 11 is 0. The molecule has 0 aliphatic carbocycles. The smallest absolute Gasteiger partial charge is 0.306 e. The van der Waals surface area contributed by atoms with E-state index in [-0.39, 0.29) is 31.1 Å². The molecule has 0 saturated heterocycles. The maximum atomic E-state index is 13.0. The van der Waals surface area contributed by atoms with Gasteiger partial charge in [0.05, 0.1) is 0 Å². The van der Waals surface area contributed by atoms with Crippen LogP contribution in [-0.4, -0.2) is 37.2 Å². The first-order valence-electron chi connectivity index (χ1n) is 37.0. The number of ether oxygens (including phenoxy) is 3. The SMILES string of the molecule is CCCCCCC/C=C\C/C=C\CCCCCCCCCCCCCCCC(=O)OCC(COC(=O)CCCCCCCCC/C=C\CCCCCCCC)OC(=O)CCCCCCCCCCCCCCCCCCCCCCCC. The zero-order chi connectivity index (χ0) is 59.2. The van der Waals surface area contributed by atoms with Gasteiger partial charge in [-0.05, 0) is 77.0 Å². The summed E-state index contributed by atoms with van der Waals surface area (Å²) in [6, 6.07) is 0. The number of esters is 3. The van der Waals surface area contributed by atoms with Crippen molar-refractivity contribution < 1.29 is 28.6 Å². The Kier molecular flexibility index (Phi) is 69.1. The molecule has 0 fully saturated rings. The Labute approximate surface area is 512 Å². The van der Waals surface area contributed by atoms with E-state index in [4.69, 9.17) is 14.2 Å². The van der Waals surface area contributed by atoms with E-state index in [0.29, 0.717) is 19.3 Å². The van der Waals surface area contributed by atoms with Crippen molar-refractivity contribution in [2.45, 2.75) is 419 Å². The molecule has 0 aromatic heterocycles. The van der Waals surface area contributed by atoms with E-state index in [1.807, 2.05) is 0 Å². The van der Waals surface area contributed by atoms with Crippen molar-refractivity contribution in [1.82, 2.24) is 0 Å². The average molecular weight is 1150 g/mol. The summed E-state index contributed by atoms with van der Waals surface area (Å²) in [4.78, 5) is 38.5. The Morgan fingerprint density at radius 3 is 0.683 bits per heavy atom. The van der Waals surface area contributed by atoms with Crippen LogP contribution in [0.25, 0.3) is 0 Å². The second-order valence-corrected chi connectivity index (χ2v) is 25.2. The molecule has 0 radical (unpaired) electrons. The number of rotatable bonds is 69. The molecule has 0 bridgehead atoms. The van der Waals surface area contributed by atoms with Gasteiger partial charge in [0, 0.05) is 19.3 Å². The maximum absolute atomic E-state index is 13.0. The molecule has 0 aliphatic rings. The lowest BCUT2D eigenvalue weighted by atomic mass is 10.0. The van der Waals surface area contributed by atoms with Crippen LogP contribution in [0, 0.1) is 0 Å². The van der Waals surface area contributed by atoms with Crippen LogP contribution < -0.4 is 0 Å². The van der Waals surface area contributed by atoms with Crippen LogP contribution in [0.1, 0.15) is 412 Å². The van der Waals surface area contributed by atoms with Gasteiger partial charge in [-0.1, -0.05) is 353 Å². The minimum Gasteiger partial charge on any atom is -0.462 e. The first-order chi connectivity index (χ1) is 40.5. The van der Waals surface area contributed by atoms with Gasteiger partial charge in [-0.2, -0.15) is 0 Å². The van der Waals surface area contributed by atoms with Crippen molar-refractivity contribution in [2.75, 3.05) is 13.2 Å². The highest BCUT2D eigenvalue weighted by Gasteiger charge is 2.19. The van der Waals surface area contributed by atoms with Gasteiger partial charge in [-0.3, -0.25) is 14.4 Å². The first-order valence-corrected chi connectivity index (χ1v) is 37.0. The molecule has 0 spiro atoms. The summed E-state index contributed by atoms with van der Waals surface area (Å²) in [5.74, 6) is -0.840. The Balaban J connectivity index is 4.28. The van der Waals surface area contributed by atoms with Gasteiger partial charge < -0.3 is 14.2 Å². The normalized spacial score (nSPS) is 12.2. The van der Waals surface area contributed by atoms with Crippen LogP contribution in [0.2, 0.25) is 0 Å². The predicted molar refractivity (Wildman–Crippen MR) is 358 cm³/mol. The number of hydrogen-bond donors (Lipinski definition) is 0. The highest BCUT2D eigenvalue weighted by Crippen LogP contribution is 2.19. The Morgan fingerprint density at radius 2 is 0.439 bits per heavy atom. The topological polar surface area (TPSA) is 78.9 Å². The molecule has 1 atom stereocenters. The van der Waals surface area contributed by atoms with E-state index in [9.17, 15) is 14.4 Å². The summed E-state index contributed by atoms with van der Waals surface area (Å²) in [6.45, 7) is 6.71. The van der Waals surface area contributed by atoms with Crippen LogP contribution >= 0.6 is 0 Å². The fourth-order valence-corrected chi connectivity index (χ4v) is 11.3. The average Bonchev–Trinajstić information content (AvgIpc) is 3.47. The molecular weight excluding hydrogens is 1010 g/mol. The molecule has 0 rings (SSSR count). The lowest BCUT2D eigenvalue weighted by Gasteiger charge is -2.18. The highest BCUT2D eigenvalue weighted by atomic mass is 16.6. The van der Waals surface area contributed by atoms with E-state index in [2.05, 4.69) is 57.2 Å². The predicted octanol–water partition coefficient (Wildman–Crippen LogP) is 25.5. The van der Waals surface area contributed by atoms with Gasteiger partial charge in [-0.25, -0.2) is 0 Å². The van der Waals surface area contributed by atoms with Crippen LogP contribution in [0.15, 0.2) is 36.5 Å². The fourth-order valence-electron chi connectivity index (χ4n) is 11.3. The zero-order valence-corrected chi connectivity index (χ0v) is 55.5. The molecule has 0 aromatic rings. The third-order valence-electron chi connectivity index (χ3n) is 16.9. The maximum Gasteiger partial charge on any atom is 0.306 e. The van der Waals surface area contributed by atoms with Crippen LogP contribution in [0.3, 0.4) is 0 Å². The first kappa shape index (κ1) is 79.6. The van der Waals surface area contributed by atoms with Crippen molar-refractivity contribution in [3.05, 3.63) is 36.5 Å². The van der Waals surface area contributed by atoms with E-state index in [1.54, 1.807) is 0 Å². The summed E-state index contributed by atoms with van der Waals surface area (Å²) < 4.78 is 17.0. The Hall–Kier alpha value is -2.37. The minimum atomic E-state index is -0.773. The molecule has 1 unspecified atom stereocenters. The highest BCUT2D eigenvalue weighted by molar-refractivity contribution is 5.71.